The molecule has 1 fully saturated rings. The molecule has 2 N–H and O–H groups in total. The number of hydrogen-bond acceptors (Lipinski definition) is 5. The fourth-order valence-electron chi connectivity index (χ4n) is 4.56. The molecular formula is C34H43NO4. The SMILES string of the molecule is C#C.CC.CC1=C(c2cccc(O)c2)COc2cc(O)ccc21.C[C@@H]1CCN([C@@H](C)COc2ccccc2)C1. The highest BCUT2D eigenvalue weighted by Crippen LogP contribution is 2.38. The molecule has 208 valence electrons. The summed E-state index contributed by atoms with van der Waals surface area (Å²) in [7, 11) is 0. The van der Waals surface area contributed by atoms with Crippen molar-refractivity contribution in [3.8, 4) is 35.8 Å². The lowest BCUT2D eigenvalue weighted by molar-refractivity contribution is 0.169. The van der Waals surface area contributed by atoms with Crippen LogP contribution in [0, 0.1) is 18.8 Å². The Hall–Kier alpha value is -3.88. The van der Waals surface area contributed by atoms with Crippen LogP contribution in [0.3, 0.4) is 0 Å². The number of para-hydroxylation sites is 1. The summed E-state index contributed by atoms with van der Waals surface area (Å²) in [5.74, 6) is 2.96. The molecule has 5 heteroatoms. The van der Waals surface area contributed by atoms with Gasteiger partial charge in [0.1, 0.15) is 36.2 Å². The zero-order valence-corrected chi connectivity index (χ0v) is 23.9. The van der Waals surface area contributed by atoms with E-state index in [-0.39, 0.29) is 11.5 Å². The van der Waals surface area contributed by atoms with Gasteiger partial charge < -0.3 is 19.7 Å². The van der Waals surface area contributed by atoms with Crippen molar-refractivity contribution in [2.75, 3.05) is 26.3 Å². The molecule has 1 saturated heterocycles. The van der Waals surface area contributed by atoms with Crippen LogP contribution >= 0.6 is 0 Å². The molecule has 0 radical (unpaired) electrons. The number of likely N-dealkylation sites (tertiary alicyclic amines) is 1. The number of phenolic OH excluding ortho intramolecular Hbond substituents is 2. The number of allylic oxidation sites excluding steroid dienone is 1. The molecule has 0 unspecified atom stereocenters. The van der Waals surface area contributed by atoms with E-state index in [9.17, 15) is 10.2 Å². The van der Waals surface area contributed by atoms with Crippen molar-refractivity contribution < 1.29 is 19.7 Å². The second-order valence-corrected chi connectivity index (χ2v) is 9.48. The van der Waals surface area contributed by atoms with E-state index in [1.54, 1.807) is 24.3 Å². The highest BCUT2D eigenvalue weighted by Gasteiger charge is 2.23. The van der Waals surface area contributed by atoms with Gasteiger partial charge in [0.25, 0.3) is 0 Å². The summed E-state index contributed by atoms with van der Waals surface area (Å²) < 4.78 is 11.5. The molecule has 5 nitrogen and oxygen atoms in total. The minimum atomic E-state index is 0.201. The van der Waals surface area contributed by atoms with E-state index in [1.807, 2.05) is 69.3 Å². The first-order valence-electron chi connectivity index (χ1n) is 13.6. The van der Waals surface area contributed by atoms with E-state index < -0.39 is 0 Å². The van der Waals surface area contributed by atoms with Crippen LogP contribution in [0.15, 0.2) is 72.8 Å². The van der Waals surface area contributed by atoms with Crippen LogP contribution in [-0.4, -0.2) is 47.5 Å². The van der Waals surface area contributed by atoms with E-state index in [0.717, 1.165) is 40.5 Å². The molecule has 0 aromatic heterocycles. The number of nitrogens with zero attached hydrogens (tertiary/aromatic N) is 1. The van der Waals surface area contributed by atoms with Gasteiger partial charge in [-0.2, -0.15) is 0 Å². The van der Waals surface area contributed by atoms with Gasteiger partial charge in [-0.15, -0.1) is 12.8 Å². The molecule has 5 rings (SSSR count). The summed E-state index contributed by atoms with van der Waals surface area (Å²) in [6.45, 7) is 14.3. The van der Waals surface area contributed by atoms with Crippen LogP contribution in [0.1, 0.15) is 52.2 Å². The fourth-order valence-corrected chi connectivity index (χ4v) is 4.56. The largest absolute Gasteiger partial charge is 0.508 e. The third kappa shape index (κ3) is 9.12. The van der Waals surface area contributed by atoms with E-state index in [2.05, 4.69) is 31.6 Å². The van der Waals surface area contributed by atoms with Gasteiger partial charge in [0.05, 0.1) is 0 Å². The Balaban J connectivity index is 0.000000246. The number of benzene rings is 3. The van der Waals surface area contributed by atoms with Crippen LogP contribution in [-0.2, 0) is 0 Å². The van der Waals surface area contributed by atoms with Crippen LogP contribution in [0.5, 0.6) is 23.0 Å². The number of phenols is 2. The van der Waals surface area contributed by atoms with Gasteiger partial charge in [-0.1, -0.05) is 51.1 Å². The van der Waals surface area contributed by atoms with Crippen molar-refractivity contribution in [1.82, 2.24) is 4.90 Å². The highest BCUT2D eigenvalue weighted by molar-refractivity contribution is 5.93. The first kappa shape index (κ1) is 31.3. The molecule has 3 aromatic rings. The standard InChI is InChI=1S/C16H14O3.C14H21NO.C2H6.C2H2/c1-10-14-6-5-13(18)8-16(14)19-9-15(10)11-3-2-4-12(17)7-11;1-12-8-9-15(10-12)13(2)11-16-14-6-4-3-5-7-14;2*1-2/h2-8,17-18H,9H2,1H3;3-7,12-13H,8-11H2,1-2H3;1-2H3;1-2H/t;12-,13+;;/m.1../s1. The smallest absolute Gasteiger partial charge is 0.130 e. The van der Waals surface area contributed by atoms with Gasteiger partial charge in [-0.3, -0.25) is 4.90 Å². The van der Waals surface area contributed by atoms with Crippen molar-refractivity contribution in [3.05, 3.63) is 83.9 Å². The molecule has 0 saturated carbocycles. The summed E-state index contributed by atoms with van der Waals surface area (Å²) in [6, 6.07) is 22.8. The molecule has 0 bridgehead atoms. The molecule has 2 aliphatic heterocycles. The van der Waals surface area contributed by atoms with Crippen LogP contribution in [0.2, 0.25) is 0 Å². The van der Waals surface area contributed by atoms with Crippen molar-refractivity contribution in [3.63, 3.8) is 0 Å². The lowest BCUT2D eigenvalue weighted by atomic mass is 9.93. The predicted octanol–water partition coefficient (Wildman–Crippen LogP) is 7.49. The number of rotatable bonds is 5. The summed E-state index contributed by atoms with van der Waals surface area (Å²) in [5.41, 5.74) is 4.08. The van der Waals surface area contributed by atoms with Crippen LogP contribution in [0.25, 0.3) is 11.1 Å². The third-order valence-electron chi connectivity index (χ3n) is 6.70. The van der Waals surface area contributed by atoms with E-state index >= 15 is 0 Å². The number of fused-ring (bicyclic) bond motifs is 1. The summed E-state index contributed by atoms with van der Waals surface area (Å²) >= 11 is 0. The van der Waals surface area contributed by atoms with Crippen LogP contribution in [0.4, 0.5) is 0 Å². The molecule has 2 heterocycles. The molecule has 3 aromatic carbocycles. The zero-order valence-electron chi connectivity index (χ0n) is 23.9. The van der Waals surface area contributed by atoms with Crippen molar-refractivity contribution in [2.45, 2.75) is 47.1 Å². The summed E-state index contributed by atoms with van der Waals surface area (Å²) in [4.78, 5) is 2.52. The normalized spacial score (nSPS) is 16.5. The Bertz CT molecular complexity index is 1200. The lowest BCUT2D eigenvalue weighted by Gasteiger charge is -2.24. The third-order valence-corrected chi connectivity index (χ3v) is 6.70. The van der Waals surface area contributed by atoms with E-state index in [4.69, 9.17) is 9.47 Å². The Kier molecular flexibility index (Phi) is 13.0. The van der Waals surface area contributed by atoms with Crippen molar-refractivity contribution >= 4 is 11.1 Å². The Labute approximate surface area is 234 Å². The lowest BCUT2D eigenvalue weighted by Crippen LogP contribution is -2.35. The zero-order chi connectivity index (χ0) is 28.8. The maximum absolute atomic E-state index is 9.57. The second-order valence-electron chi connectivity index (χ2n) is 9.48. The predicted molar refractivity (Wildman–Crippen MR) is 162 cm³/mol. The first-order valence-corrected chi connectivity index (χ1v) is 13.6. The molecule has 0 spiro atoms. The Morgan fingerprint density at radius 3 is 2.31 bits per heavy atom. The van der Waals surface area contributed by atoms with E-state index in [0.29, 0.717) is 18.4 Å². The minimum absolute atomic E-state index is 0.201. The van der Waals surface area contributed by atoms with E-state index in [1.165, 1.54) is 19.5 Å². The van der Waals surface area contributed by atoms with Crippen molar-refractivity contribution in [1.29, 1.82) is 0 Å². The first-order chi connectivity index (χ1) is 18.9. The average Bonchev–Trinajstić information content (AvgIpc) is 3.41. The molecule has 2 aliphatic rings. The quantitative estimate of drug-likeness (QED) is 0.335. The minimum Gasteiger partial charge on any atom is -0.508 e. The maximum atomic E-state index is 9.57. The Morgan fingerprint density at radius 1 is 0.974 bits per heavy atom. The van der Waals surface area contributed by atoms with Gasteiger partial charge in [-0.05, 0) is 80.3 Å². The highest BCUT2D eigenvalue weighted by atomic mass is 16.5. The molecule has 0 amide bonds. The summed E-state index contributed by atoms with van der Waals surface area (Å²) in [6.07, 6.45) is 9.33. The van der Waals surface area contributed by atoms with Gasteiger partial charge in [0.2, 0.25) is 0 Å². The monoisotopic (exact) mass is 529 g/mol. The van der Waals surface area contributed by atoms with Gasteiger partial charge >= 0.3 is 0 Å². The molecule has 2 atom stereocenters. The fraction of sp³-hybridized carbons (Fsp3) is 0.353. The molecule has 0 aliphatic carbocycles. The topological polar surface area (TPSA) is 62.2 Å². The number of ether oxygens (including phenoxy) is 2. The van der Waals surface area contributed by atoms with Gasteiger partial charge in [0.15, 0.2) is 0 Å². The number of hydrogen-bond donors (Lipinski definition) is 2. The number of terminal acetylenes is 1. The van der Waals surface area contributed by atoms with Gasteiger partial charge in [0, 0.05) is 29.8 Å². The Morgan fingerprint density at radius 2 is 1.67 bits per heavy atom. The van der Waals surface area contributed by atoms with Crippen LogP contribution < -0.4 is 9.47 Å². The van der Waals surface area contributed by atoms with Gasteiger partial charge in [-0.25, -0.2) is 0 Å². The van der Waals surface area contributed by atoms with Crippen molar-refractivity contribution in [2.24, 2.45) is 5.92 Å². The molecule has 39 heavy (non-hydrogen) atoms. The average molecular weight is 530 g/mol. The second kappa shape index (κ2) is 16.2. The number of aromatic hydroxyl groups is 2. The summed E-state index contributed by atoms with van der Waals surface area (Å²) in [5, 5.41) is 19.0. The molecular weight excluding hydrogens is 486 g/mol. The maximum Gasteiger partial charge on any atom is 0.130 e.